The van der Waals surface area contributed by atoms with E-state index in [0.717, 1.165) is 0 Å². The molecule has 1 atom stereocenters. The van der Waals surface area contributed by atoms with Crippen molar-refractivity contribution in [2.24, 2.45) is 0 Å². The number of amides is 1. The van der Waals surface area contributed by atoms with Gasteiger partial charge in [0.05, 0.1) is 4.90 Å². The molecule has 5 nitrogen and oxygen atoms in total. The van der Waals surface area contributed by atoms with Gasteiger partial charge in [0.25, 0.3) is 0 Å². The molecule has 1 aliphatic heterocycles. The minimum Gasteiger partial charge on any atom is -0.311 e. The molecule has 0 radical (unpaired) electrons. The van der Waals surface area contributed by atoms with Crippen LogP contribution in [0.2, 0.25) is 0 Å². The molecule has 138 valence electrons. The number of sulfonamides is 1. The van der Waals surface area contributed by atoms with Crippen molar-refractivity contribution in [3.63, 3.8) is 0 Å². The van der Waals surface area contributed by atoms with Crippen LogP contribution in [0, 0.1) is 12.7 Å². The Morgan fingerprint density at radius 3 is 2.65 bits per heavy atom. The lowest BCUT2D eigenvalue weighted by atomic mass is 10.2. The largest absolute Gasteiger partial charge is 0.311 e. The standard InChI is InChI=1S/C19H21FN2O3S/c1-3-14-6-4-5-7-18(14)26(24,25)21-17-10-11-22(19(17)23)15-8-9-16(20)13(2)12-15/h4-9,12,17,21H,3,10-11H2,1-2H3/t17-/m0/s1. The minimum absolute atomic E-state index is 0.200. The summed E-state index contributed by atoms with van der Waals surface area (Å²) >= 11 is 0. The van der Waals surface area contributed by atoms with Crippen LogP contribution in [0.15, 0.2) is 47.4 Å². The van der Waals surface area contributed by atoms with E-state index >= 15 is 0 Å². The second-order valence-corrected chi connectivity index (χ2v) is 8.03. The lowest BCUT2D eigenvalue weighted by molar-refractivity contribution is -0.118. The van der Waals surface area contributed by atoms with Crippen LogP contribution in [0.3, 0.4) is 0 Å². The second kappa shape index (κ2) is 7.17. The molecule has 3 rings (SSSR count). The van der Waals surface area contributed by atoms with Gasteiger partial charge in [-0.1, -0.05) is 25.1 Å². The molecule has 0 aliphatic carbocycles. The van der Waals surface area contributed by atoms with Crippen molar-refractivity contribution in [1.29, 1.82) is 0 Å². The highest BCUT2D eigenvalue weighted by Crippen LogP contribution is 2.25. The van der Waals surface area contributed by atoms with Crippen molar-refractivity contribution in [3.8, 4) is 0 Å². The van der Waals surface area contributed by atoms with E-state index < -0.39 is 16.1 Å². The number of carbonyl (C=O) groups excluding carboxylic acids is 1. The average Bonchev–Trinajstić information content (AvgIpc) is 2.97. The molecule has 1 aliphatic rings. The number of hydrogen-bond acceptors (Lipinski definition) is 3. The first-order valence-corrected chi connectivity index (χ1v) is 9.99. The summed E-state index contributed by atoms with van der Waals surface area (Å²) in [6, 6.07) is 10.4. The van der Waals surface area contributed by atoms with E-state index in [9.17, 15) is 17.6 Å². The van der Waals surface area contributed by atoms with Crippen molar-refractivity contribution in [2.75, 3.05) is 11.4 Å². The maximum atomic E-state index is 13.4. The van der Waals surface area contributed by atoms with Gasteiger partial charge in [-0.2, -0.15) is 4.72 Å². The molecule has 1 amide bonds. The maximum Gasteiger partial charge on any atom is 0.245 e. The Labute approximate surface area is 152 Å². The van der Waals surface area contributed by atoms with Gasteiger partial charge >= 0.3 is 0 Å². The number of nitrogens with zero attached hydrogens (tertiary/aromatic N) is 1. The Hall–Kier alpha value is -2.25. The Kier molecular flexibility index (Phi) is 5.11. The van der Waals surface area contributed by atoms with Crippen molar-refractivity contribution in [2.45, 2.75) is 37.6 Å². The molecule has 0 aromatic heterocycles. The van der Waals surface area contributed by atoms with Gasteiger partial charge in [0, 0.05) is 12.2 Å². The molecule has 0 bridgehead atoms. The first-order valence-electron chi connectivity index (χ1n) is 8.51. The Morgan fingerprint density at radius 1 is 1.23 bits per heavy atom. The highest BCUT2D eigenvalue weighted by molar-refractivity contribution is 7.89. The van der Waals surface area contributed by atoms with Gasteiger partial charge in [0.15, 0.2) is 0 Å². The van der Waals surface area contributed by atoms with Gasteiger partial charge in [-0.05, 0) is 55.2 Å². The number of carbonyl (C=O) groups is 1. The molecule has 1 N–H and O–H groups in total. The molecule has 1 heterocycles. The highest BCUT2D eigenvalue weighted by atomic mass is 32.2. The SMILES string of the molecule is CCc1ccccc1S(=O)(=O)N[C@H]1CCN(c2ccc(F)c(C)c2)C1=O. The lowest BCUT2D eigenvalue weighted by Crippen LogP contribution is -2.41. The fraction of sp³-hybridized carbons (Fsp3) is 0.316. The third-order valence-corrected chi connectivity index (χ3v) is 6.17. The summed E-state index contributed by atoms with van der Waals surface area (Å²) < 4.78 is 41.4. The number of benzene rings is 2. The quantitative estimate of drug-likeness (QED) is 0.873. The number of halogens is 1. The summed E-state index contributed by atoms with van der Waals surface area (Å²) in [5.74, 6) is -0.664. The minimum atomic E-state index is -3.80. The van der Waals surface area contributed by atoms with Gasteiger partial charge in [0.2, 0.25) is 15.9 Å². The van der Waals surface area contributed by atoms with Gasteiger partial charge < -0.3 is 4.90 Å². The van der Waals surface area contributed by atoms with Crippen molar-refractivity contribution in [1.82, 2.24) is 4.72 Å². The molecule has 2 aromatic rings. The molecule has 0 saturated carbocycles. The first kappa shape index (κ1) is 18.5. The highest BCUT2D eigenvalue weighted by Gasteiger charge is 2.36. The molecule has 0 unspecified atom stereocenters. The van der Waals surface area contributed by atoms with E-state index in [-0.39, 0.29) is 16.6 Å². The molecule has 26 heavy (non-hydrogen) atoms. The van der Waals surface area contributed by atoms with E-state index in [1.165, 1.54) is 17.0 Å². The molecular formula is C19H21FN2O3S. The number of aryl methyl sites for hydroxylation is 2. The van der Waals surface area contributed by atoms with E-state index in [1.54, 1.807) is 37.3 Å². The van der Waals surface area contributed by atoms with Crippen LogP contribution in [0.1, 0.15) is 24.5 Å². The topological polar surface area (TPSA) is 66.5 Å². The maximum absolute atomic E-state index is 13.4. The number of hydrogen-bond donors (Lipinski definition) is 1. The molecule has 2 aromatic carbocycles. The van der Waals surface area contributed by atoms with Gasteiger partial charge in [0.1, 0.15) is 11.9 Å². The molecule has 0 spiro atoms. The second-order valence-electron chi connectivity index (χ2n) is 6.35. The van der Waals surface area contributed by atoms with Crippen molar-refractivity contribution < 1.29 is 17.6 Å². The molecule has 1 fully saturated rings. The smallest absolute Gasteiger partial charge is 0.245 e. The third-order valence-electron chi connectivity index (χ3n) is 4.60. The van der Waals surface area contributed by atoms with E-state index in [2.05, 4.69) is 4.72 Å². The van der Waals surface area contributed by atoms with E-state index in [4.69, 9.17) is 0 Å². The summed E-state index contributed by atoms with van der Waals surface area (Å²) in [6.45, 7) is 3.89. The summed E-state index contributed by atoms with van der Waals surface area (Å²) in [5.41, 5.74) is 1.72. The first-order chi connectivity index (χ1) is 12.3. The van der Waals surface area contributed by atoms with Crippen molar-refractivity contribution >= 4 is 21.6 Å². The van der Waals surface area contributed by atoms with Crippen LogP contribution in [-0.4, -0.2) is 26.9 Å². The van der Waals surface area contributed by atoms with Gasteiger partial charge in [-0.25, -0.2) is 12.8 Å². The van der Waals surface area contributed by atoms with Crippen LogP contribution >= 0.6 is 0 Å². The average molecular weight is 376 g/mol. The Morgan fingerprint density at radius 2 is 1.96 bits per heavy atom. The normalized spacial score (nSPS) is 17.7. The van der Waals surface area contributed by atoms with Gasteiger partial charge in [-0.3, -0.25) is 4.79 Å². The molecule has 1 saturated heterocycles. The van der Waals surface area contributed by atoms with Crippen LogP contribution in [-0.2, 0) is 21.2 Å². The summed E-state index contributed by atoms with van der Waals surface area (Å²) in [4.78, 5) is 14.4. The third kappa shape index (κ3) is 3.50. The predicted molar refractivity (Wildman–Crippen MR) is 98.0 cm³/mol. The van der Waals surface area contributed by atoms with E-state index in [0.29, 0.717) is 36.2 Å². The van der Waals surface area contributed by atoms with Crippen LogP contribution in [0.5, 0.6) is 0 Å². The summed E-state index contributed by atoms with van der Waals surface area (Å²) in [5, 5.41) is 0. The zero-order chi connectivity index (χ0) is 18.9. The lowest BCUT2D eigenvalue weighted by Gasteiger charge is -2.18. The summed E-state index contributed by atoms with van der Waals surface area (Å²) in [7, 11) is -3.80. The van der Waals surface area contributed by atoms with Crippen LogP contribution in [0.4, 0.5) is 10.1 Å². The van der Waals surface area contributed by atoms with E-state index in [1.807, 2.05) is 6.92 Å². The van der Waals surface area contributed by atoms with Crippen molar-refractivity contribution in [3.05, 3.63) is 59.4 Å². The Balaban J connectivity index is 1.81. The Bertz CT molecular complexity index is 944. The summed E-state index contributed by atoms with van der Waals surface area (Å²) in [6.07, 6.45) is 0.944. The predicted octanol–water partition coefficient (Wildman–Crippen LogP) is 2.78. The zero-order valence-electron chi connectivity index (χ0n) is 14.7. The number of nitrogens with one attached hydrogen (secondary N) is 1. The molecular weight excluding hydrogens is 355 g/mol. The van der Waals surface area contributed by atoms with Gasteiger partial charge in [-0.15, -0.1) is 0 Å². The fourth-order valence-electron chi connectivity index (χ4n) is 3.15. The zero-order valence-corrected chi connectivity index (χ0v) is 15.5. The van der Waals surface area contributed by atoms with Crippen LogP contribution < -0.4 is 9.62 Å². The molecule has 7 heteroatoms. The number of rotatable bonds is 5. The fourth-order valence-corrected chi connectivity index (χ4v) is 4.69. The van der Waals surface area contributed by atoms with Crippen LogP contribution in [0.25, 0.3) is 0 Å². The monoisotopic (exact) mass is 376 g/mol. The number of anilines is 1.